The zero-order chi connectivity index (χ0) is 15.2. The van der Waals surface area contributed by atoms with Gasteiger partial charge < -0.3 is 21.1 Å². The first-order valence-electron chi connectivity index (χ1n) is 6.38. The molecule has 110 valence electrons. The van der Waals surface area contributed by atoms with Crippen molar-refractivity contribution < 1.29 is 14.3 Å². The molecule has 1 unspecified atom stereocenters. The number of carbonyl (C=O) groups excluding carboxylic acids is 2. The summed E-state index contributed by atoms with van der Waals surface area (Å²) in [6, 6.07) is 6.86. The summed E-state index contributed by atoms with van der Waals surface area (Å²) < 4.78 is 4.73. The number of hydrogen-bond donors (Lipinski definition) is 3. The molecular weight excluding hydrogens is 258 g/mol. The molecule has 1 rings (SSSR count). The van der Waals surface area contributed by atoms with Crippen LogP contribution < -0.4 is 16.4 Å². The molecule has 6 heteroatoms. The first-order chi connectivity index (χ1) is 9.39. The quantitative estimate of drug-likeness (QED) is 0.732. The van der Waals surface area contributed by atoms with Crippen molar-refractivity contribution in [2.75, 3.05) is 24.4 Å². The van der Waals surface area contributed by atoms with Crippen LogP contribution in [-0.4, -0.2) is 31.1 Å². The third-order valence-corrected chi connectivity index (χ3v) is 2.93. The molecule has 2 amide bonds. The molecule has 0 fully saturated rings. The lowest BCUT2D eigenvalue weighted by atomic mass is 9.99. The molecular formula is C14H21N3O3. The van der Waals surface area contributed by atoms with Gasteiger partial charge in [0.05, 0.1) is 5.54 Å². The number of methoxy groups -OCH3 is 1. The van der Waals surface area contributed by atoms with Crippen LogP contribution in [0.5, 0.6) is 0 Å². The Morgan fingerprint density at radius 1 is 1.30 bits per heavy atom. The fraction of sp³-hybridized carbons (Fsp3) is 0.429. The third kappa shape index (κ3) is 4.64. The molecule has 6 nitrogen and oxygen atoms in total. The highest BCUT2D eigenvalue weighted by Crippen LogP contribution is 2.17. The number of ether oxygens (including phenoxy) is 1. The predicted octanol–water partition coefficient (Wildman–Crippen LogP) is 1.34. The minimum atomic E-state index is -0.921. The summed E-state index contributed by atoms with van der Waals surface area (Å²) in [4.78, 5) is 23.4. The van der Waals surface area contributed by atoms with Crippen LogP contribution in [0.25, 0.3) is 0 Å². The number of benzene rings is 1. The second-order valence-corrected chi connectivity index (χ2v) is 4.79. The van der Waals surface area contributed by atoms with E-state index in [1.165, 1.54) is 7.11 Å². The average molecular weight is 279 g/mol. The van der Waals surface area contributed by atoms with Gasteiger partial charge in [0, 0.05) is 18.5 Å². The van der Waals surface area contributed by atoms with E-state index >= 15 is 0 Å². The first kappa shape index (κ1) is 16.1. The number of hydrogen-bond acceptors (Lipinski definition) is 4. The number of carbonyl (C=O) groups is 2. The predicted molar refractivity (Wildman–Crippen MR) is 78.5 cm³/mol. The zero-order valence-electron chi connectivity index (χ0n) is 12.0. The maximum Gasteiger partial charge on any atom is 0.250 e. The van der Waals surface area contributed by atoms with Gasteiger partial charge in [0.1, 0.15) is 6.61 Å². The van der Waals surface area contributed by atoms with Gasteiger partial charge in [-0.25, -0.2) is 0 Å². The van der Waals surface area contributed by atoms with Crippen molar-refractivity contribution >= 4 is 23.2 Å². The number of rotatable bonds is 6. The number of amides is 2. The van der Waals surface area contributed by atoms with Gasteiger partial charge in [-0.15, -0.1) is 0 Å². The standard InChI is InChI=1S/C14H21N3O3/c1-4-14(2,15)13(19)17-11-7-5-6-10(8-11)16-12(18)9-20-3/h5-8H,4,9,15H2,1-3H3,(H,16,18)(H,17,19). The zero-order valence-corrected chi connectivity index (χ0v) is 12.0. The highest BCUT2D eigenvalue weighted by molar-refractivity contribution is 5.98. The fourth-order valence-electron chi connectivity index (χ4n) is 1.44. The minimum Gasteiger partial charge on any atom is -0.375 e. The van der Waals surface area contributed by atoms with E-state index in [1.54, 1.807) is 31.2 Å². The molecule has 20 heavy (non-hydrogen) atoms. The molecule has 0 spiro atoms. The topological polar surface area (TPSA) is 93.5 Å². The normalized spacial score (nSPS) is 13.4. The molecule has 0 aliphatic rings. The Morgan fingerprint density at radius 2 is 1.90 bits per heavy atom. The summed E-state index contributed by atoms with van der Waals surface area (Å²) in [5.74, 6) is -0.520. The lowest BCUT2D eigenvalue weighted by molar-refractivity contribution is -0.121. The molecule has 0 saturated heterocycles. The van der Waals surface area contributed by atoms with Crippen molar-refractivity contribution in [1.82, 2.24) is 0 Å². The van der Waals surface area contributed by atoms with Gasteiger partial charge in [-0.3, -0.25) is 9.59 Å². The van der Waals surface area contributed by atoms with Crippen LogP contribution in [0.1, 0.15) is 20.3 Å². The fourth-order valence-corrected chi connectivity index (χ4v) is 1.44. The second-order valence-electron chi connectivity index (χ2n) is 4.79. The van der Waals surface area contributed by atoms with Crippen molar-refractivity contribution in [3.8, 4) is 0 Å². The maximum atomic E-state index is 12.0. The largest absolute Gasteiger partial charge is 0.375 e. The minimum absolute atomic E-state index is 0.0205. The Kier molecular flexibility index (Phi) is 5.66. The van der Waals surface area contributed by atoms with Crippen molar-refractivity contribution in [3.63, 3.8) is 0 Å². The van der Waals surface area contributed by atoms with Crippen LogP contribution in [0.2, 0.25) is 0 Å². The molecule has 0 heterocycles. The summed E-state index contributed by atoms with van der Waals surface area (Å²) in [6.45, 7) is 3.50. The summed E-state index contributed by atoms with van der Waals surface area (Å²) >= 11 is 0. The molecule has 1 aromatic rings. The molecule has 0 aliphatic carbocycles. The van der Waals surface area contributed by atoms with Crippen LogP contribution in [0, 0.1) is 0 Å². The Bertz CT molecular complexity index is 486. The van der Waals surface area contributed by atoms with Crippen molar-refractivity contribution in [3.05, 3.63) is 24.3 Å². The van der Waals surface area contributed by atoms with Gasteiger partial charge in [-0.05, 0) is 31.5 Å². The Balaban J connectivity index is 2.74. The molecule has 1 atom stereocenters. The second kappa shape index (κ2) is 7.02. The van der Waals surface area contributed by atoms with Crippen molar-refractivity contribution in [2.45, 2.75) is 25.8 Å². The summed E-state index contributed by atoms with van der Waals surface area (Å²) in [5, 5.41) is 5.39. The first-order valence-corrected chi connectivity index (χ1v) is 6.38. The molecule has 4 N–H and O–H groups in total. The van der Waals surface area contributed by atoms with E-state index in [1.807, 2.05) is 6.92 Å². The summed E-state index contributed by atoms with van der Waals surface area (Å²) in [5.41, 5.74) is 6.11. The van der Waals surface area contributed by atoms with E-state index in [-0.39, 0.29) is 18.4 Å². The van der Waals surface area contributed by atoms with E-state index < -0.39 is 5.54 Å². The van der Waals surface area contributed by atoms with Crippen LogP contribution in [0.4, 0.5) is 11.4 Å². The monoisotopic (exact) mass is 279 g/mol. The highest BCUT2D eigenvalue weighted by atomic mass is 16.5. The van der Waals surface area contributed by atoms with Crippen LogP contribution >= 0.6 is 0 Å². The van der Waals surface area contributed by atoms with Crippen molar-refractivity contribution in [1.29, 1.82) is 0 Å². The van der Waals surface area contributed by atoms with Crippen LogP contribution in [-0.2, 0) is 14.3 Å². The van der Waals surface area contributed by atoms with Gasteiger partial charge in [-0.1, -0.05) is 13.0 Å². The average Bonchev–Trinajstić information content (AvgIpc) is 2.39. The smallest absolute Gasteiger partial charge is 0.250 e. The van der Waals surface area contributed by atoms with Gasteiger partial charge in [-0.2, -0.15) is 0 Å². The van der Waals surface area contributed by atoms with E-state index in [0.29, 0.717) is 17.8 Å². The van der Waals surface area contributed by atoms with E-state index in [4.69, 9.17) is 10.5 Å². The highest BCUT2D eigenvalue weighted by Gasteiger charge is 2.25. The van der Waals surface area contributed by atoms with Gasteiger partial charge >= 0.3 is 0 Å². The molecule has 0 aromatic heterocycles. The van der Waals surface area contributed by atoms with Gasteiger partial charge in [0.15, 0.2) is 0 Å². The molecule has 0 saturated carbocycles. The Morgan fingerprint density at radius 3 is 2.45 bits per heavy atom. The Hall–Kier alpha value is -1.92. The SMILES string of the molecule is CCC(C)(N)C(=O)Nc1cccc(NC(=O)COC)c1. The molecule has 0 radical (unpaired) electrons. The molecule has 1 aromatic carbocycles. The number of nitrogens with one attached hydrogen (secondary N) is 2. The van der Waals surface area contributed by atoms with Crippen molar-refractivity contribution in [2.24, 2.45) is 5.73 Å². The Labute approximate surface area is 118 Å². The number of nitrogens with two attached hydrogens (primary N) is 1. The van der Waals surface area contributed by atoms with E-state index in [9.17, 15) is 9.59 Å². The summed E-state index contributed by atoms with van der Waals surface area (Å²) in [7, 11) is 1.45. The lowest BCUT2D eigenvalue weighted by Gasteiger charge is -2.21. The maximum absolute atomic E-state index is 12.0. The molecule has 0 aliphatic heterocycles. The lowest BCUT2D eigenvalue weighted by Crippen LogP contribution is -2.47. The van der Waals surface area contributed by atoms with Gasteiger partial charge in [0.2, 0.25) is 11.8 Å². The van der Waals surface area contributed by atoms with Crippen LogP contribution in [0.15, 0.2) is 24.3 Å². The van der Waals surface area contributed by atoms with Gasteiger partial charge in [0.25, 0.3) is 0 Å². The molecule has 0 bridgehead atoms. The van der Waals surface area contributed by atoms with E-state index in [0.717, 1.165) is 0 Å². The summed E-state index contributed by atoms with van der Waals surface area (Å²) in [6.07, 6.45) is 0.531. The third-order valence-electron chi connectivity index (χ3n) is 2.93. The van der Waals surface area contributed by atoms with E-state index in [2.05, 4.69) is 10.6 Å². The number of anilines is 2. The van der Waals surface area contributed by atoms with Crippen LogP contribution in [0.3, 0.4) is 0 Å².